The topological polar surface area (TPSA) is 80.5 Å². The van der Waals surface area contributed by atoms with E-state index in [0.29, 0.717) is 11.8 Å². The minimum absolute atomic E-state index is 0.496. The number of nitrogens with one attached hydrogen (secondary N) is 1. The van der Waals surface area contributed by atoms with Crippen LogP contribution in [0.25, 0.3) is 22.7 Å². The zero-order valence-corrected chi connectivity index (χ0v) is 10.1. The molecule has 3 aromatic heterocycles. The Morgan fingerprint density at radius 1 is 1.16 bits per heavy atom. The van der Waals surface area contributed by atoms with Crippen LogP contribution in [0.5, 0.6) is 0 Å². The lowest BCUT2D eigenvalue weighted by atomic mass is 10.2. The second kappa shape index (κ2) is 4.01. The van der Waals surface area contributed by atoms with Gasteiger partial charge in [-0.05, 0) is 25.0 Å². The minimum atomic E-state index is 0.496. The first-order valence-electron chi connectivity index (χ1n) is 6.19. The molecular weight excluding hydrogens is 242 g/mol. The van der Waals surface area contributed by atoms with Crippen molar-refractivity contribution in [1.82, 2.24) is 25.3 Å². The molecule has 19 heavy (non-hydrogen) atoms. The second-order valence-electron chi connectivity index (χ2n) is 4.65. The van der Waals surface area contributed by atoms with Gasteiger partial charge in [0.15, 0.2) is 5.82 Å². The first-order chi connectivity index (χ1) is 9.40. The summed E-state index contributed by atoms with van der Waals surface area (Å²) in [5.74, 6) is 1.85. The number of aromatic nitrogens is 5. The normalized spacial score (nSPS) is 14.7. The summed E-state index contributed by atoms with van der Waals surface area (Å²) in [4.78, 5) is 8.78. The van der Waals surface area contributed by atoms with Crippen molar-refractivity contribution >= 4 is 0 Å². The summed E-state index contributed by atoms with van der Waals surface area (Å²) < 4.78 is 5.26. The van der Waals surface area contributed by atoms with E-state index in [4.69, 9.17) is 4.52 Å². The van der Waals surface area contributed by atoms with E-state index in [1.54, 1.807) is 18.6 Å². The molecule has 3 heterocycles. The van der Waals surface area contributed by atoms with Gasteiger partial charge in [-0.2, -0.15) is 10.1 Å². The van der Waals surface area contributed by atoms with Crippen LogP contribution in [0.1, 0.15) is 24.6 Å². The molecule has 1 N–H and O–H groups in total. The molecule has 0 amide bonds. The Morgan fingerprint density at radius 3 is 2.79 bits per heavy atom. The lowest BCUT2D eigenvalue weighted by molar-refractivity contribution is 0.422. The fraction of sp³-hybridized carbons (Fsp3) is 0.231. The van der Waals surface area contributed by atoms with Crippen molar-refractivity contribution in [3.63, 3.8) is 0 Å². The highest BCUT2D eigenvalue weighted by atomic mass is 16.5. The molecular formula is C13H11N5O. The standard InChI is InChI=1S/C13H11N5O/c1-2-8(1)12-17-13(19-18-12)9-3-4-11(14-5-9)10-6-15-16-7-10/h3-8H,1-2H2,(H,15,16). The number of hydrogen-bond acceptors (Lipinski definition) is 5. The molecule has 0 atom stereocenters. The first-order valence-corrected chi connectivity index (χ1v) is 6.19. The molecule has 6 nitrogen and oxygen atoms in total. The number of aromatic amines is 1. The summed E-state index contributed by atoms with van der Waals surface area (Å²) in [5.41, 5.74) is 2.65. The van der Waals surface area contributed by atoms with Crippen molar-refractivity contribution < 1.29 is 4.52 Å². The smallest absolute Gasteiger partial charge is 0.259 e. The van der Waals surface area contributed by atoms with Gasteiger partial charge < -0.3 is 4.52 Å². The molecule has 1 fully saturated rings. The van der Waals surface area contributed by atoms with Crippen molar-refractivity contribution in [1.29, 1.82) is 0 Å². The Labute approximate surface area is 108 Å². The highest BCUT2D eigenvalue weighted by Gasteiger charge is 2.28. The minimum Gasteiger partial charge on any atom is -0.334 e. The third-order valence-electron chi connectivity index (χ3n) is 3.19. The van der Waals surface area contributed by atoms with Crippen molar-refractivity contribution in [2.24, 2.45) is 0 Å². The molecule has 6 heteroatoms. The van der Waals surface area contributed by atoms with E-state index in [0.717, 1.165) is 35.5 Å². The van der Waals surface area contributed by atoms with Gasteiger partial charge in [-0.25, -0.2) is 0 Å². The van der Waals surface area contributed by atoms with Crippen molar-refractivity contribution in [2.45, 2.75) is 18.8 Å². The van der Waals surface area contributed by atoms with Crippen LogP contribution in [0.15, 0.2) is 35.2 Å². The summed E-state index contributed by atoms with van der Waals surface area (Å²) in [5, 5.41) is 10.7. The molecule has 3 aromatic rings. The SMILES string of the molecule is c1n[nH]cc1-c1ccc(-c2nc(C3CC3)no2)cn1. The molecule has 4 rings (SSSR count). The number of pyridine rings is 1. The van der Waals surface area contributed by atoms with Crippen molar-refractivity contribution in [2.75, 3.05) is 0 Å². The molecule has 1 saturated carbocycles. The molecule has 94 valence electrons. The van der Waals surface area contributed by atoms with E-state index in [9.17, 15) is 0 Å². The lowest BCUT2D eigenvalue weighted by Gasteiger charge is -1.97. The van der Waals surface area contributed by atoms with Crippen LogP contribution in [-0.4, -0.2) is 25.3 Å². The zero-order valence-electron chi connectivity index (χ0n) is 10.1. The highest BCUT2D eigenvalue weighted by Crippen LogP contribution is 2.38. The maximum Gasteiger partial charge on any atom is 0.259 e. The van der Waals surface area contributed by atoms with Gasteiger partial charge in [-0.15, -0.1) is 0 Å². The van der Waals surface area contributed by atoms with E-state index < -0.39 is 0 Å². The fourth-order valence-corrected chi connectivity index (χ4v) is 1.94. The number of rotatable bonds is 3. The van der Waals surface area contributed by atoms with E-state index in [-0.39, 0.29) is 0 Å². The molecule has 0 unspecified atom stereocenters. The van der Waals surface area contributed by atoms with Gasteiger partial charge in [-0.3, -0.25) is 10.1 Å². The number of nitrogens with zero attached hydrogens (tertiary/aromatic N) is 4. The molecule has 0 aromatic carbocycles. The van der Waals surface area contributed by atoms with Gasteiger partial charge in [0, 0.05) is 23.9 Å². The predicted molar refractivity (Wildman–Crippen MR) is 67.1 cm³/mol. The van der Waals surface area contributed by atoms with Crippen molar-refractivity contribution in [3.8, 4) is 22.7 Å². The van der Waals surface area contributed by atoms with E-state index in [1.165, 1.54) is 0 Å². The Bertz CT molecular complexity index is 682. The summed E-state index contributed by atoms with van der Waals surface area (Å²) in [6.07, 6.45) is 7.61. The Hall–Kier alpha value is -2.50. The molecule has 0 saturated heterocycles. The lowest BCUT2D eigenvalue weighted by Crippen LogP contribution is -1.85. The van der Waals surface area contributed by atoms with Crippen LogP contribution >= 0.6 is 0 Å². The predicted octanol–water partition coefficient (Wildman–Crippen LogP) is 2.40. The third-order valence-corrected chi connectivity index (χ3v) is 3.19. The molecule has 1 aliphatic rings. The Balaban J connectivity index is 1.64. The van der Waals surface area contributed by atoms with Gasteiger partial charge in [0.1, 0.15) is 0 Å². The van der Waals surface area contributed by atoms with Gasteiger partial charge >= 0.3 is 0 Å². The second-order valence-corrected chi connectivity index (χ2v) is 4.65. The maximum absolute atomic E-state index is 5.26. The fourth-order valence-electron chi connectivity index (χ4n) is 1.94. The third kappa shape index (κ3) is 1.91. The zero-order chi connectivity index (χ0) is 12.7. The van der Waals surface area contributed by atoms with Gasteiger partial charge in [0.25, 0.3) is 5.89 Å². The van der Waals surface area contributed by atoms with Crippen LogP contribution in [0, 0.1) is 0 Å². The van der Waals surface area contributed by atoms with Crippen LogP contribution < -0.4 is 0 Å². The highest BCUT2D eigenvalue weighted by molar-refractivity contribution is 5.61. The summed E-state index contributed by atoms with van der Waals surface area (Å²) in [6, 6.07) is 3.85. The number of hydrogen-bond donors (Lipinski definition) is 1. The van der Waals surface area contributed by atoms with Crippen molar-refractivity contribution in [3.05, 3.63) is 36.5 Å². The molecule has 0 aliphatic heterocycles. The van der Waals surface area contributed by atoms with Gasteiger partial charge in [-0.1, -0.05) is 5.16 Å². The molecule has 0 spiro atoms. The van der Waals surface area contributed by atoms with Crippen LogP contribution in [-0.2, 0) is 0 Å². The summed E-state index contributed by atoms with van der Waals surface area (Å²) in [6.45, 7) is 0. The van der Waals surface area contributed by atoms with Crippen LogP contribution in [0.4, 0.5) is 0 Å². The van der Waals surface area contributed by atoms with Crippen LogP contribution in [0.3, 0.4) is 0 Å². The monoisotopic (exact) mass is 253 g/mol. The summed E-state index contributed by atoms with van der Waals surface area (Å²) >= 11 is 0. The molecule has 1 aliphatic carbocycles. The Kier molecular flexibility index (Phi) is 2.20. The number of H-pyrrole nitrogens is 1. The van der Waals surface area contributed by atoms with Crippen LogP contribution in [0.2, 0.25) is 0 Å². The van der Waals surface area contributed by atoms with Gasteiger partial charge in [0.05, 0.1) is 17.5 Å². The Morgan fingerprint density at radius 2 is 2.11 bits per heavy atom. The van der Waals surface area contributed by atoms with E-state index >= 15 is 0 Å². The van der Waals surface area contributed by atoms with Gasteiger partial charge in [0.2, 0.25) is 0 Å². The maximum atomic E-state index is 5.26. The average molecular weight is 253 g/mol. The molecule has 0 radical (unpaired) electrons. The summed E-state index contributed by atoms with van der Waals surface area (Å²) in [7, 11) is 0. The molecule has 0 bridgehead atoms. The van der Waals surface area contributed by atoms with E-state index in [1.807, 2.05) is 12.1 Å². The first kappa shape index (κ1) is 10.4. The largest absolute Gasteiger partial charge is 0.334 e. The van der Waals surface area contributed by atoms with E-state index in [2.05, 4.69) is 25.3 Å². The average Bonchev–Trinajstić information content (AvgIpc) is 2.97. The quantitative estimate of drug-likeness (QED) is 0.775.